The Kier molecular flexibility index (Phi) is 5.49. The average molecular weight is 335 g/mol. The number of amides is 1. The topological polar surface area (TPSA) is 73.9 Å². The number of hydrogen-bond donors (Lipinski definition) is 1. The highest BCUT2D eigenvalue weighted by Gasteiger charge is 2.35. The fourth-order valence-corrected chi connectivity index (χ4v) is 2.84. The Morgan fingerprint density at radius 3 is 2.58 bits per heavy atom. The highest BCUT2D eigenvalue weighted by molar-refractivity contribution is 5.89. The van der Waals surface area contributed by atoms with Gasteiger partial charge in [0.25, 0.3) is 0 Å². The van der Waals surface area contributed by atoms with Crippen LogP contribution in [0.1, 0.15) is 55.3 Å². The zero-order valence-electron chi connectivity index (χ0n) is 14.8. The van der Waals surface area contributed by atoms with Crippen molar-refractivity contribution in [3.63, 3.8) is 0 Å². The predicted molar refractivity (Wildman–Crippen MR) is 89.0 cm³/mol. The first-order chi connectivity index (χ1) is 11.2. The maximum atomic E-state index is 12.0. The zero-order chi connectivity index (χ0) is 17.9. The van der Waals surface area contributed by atoms with E-state index >= 15 is 0 Å². The van der Waals surface area contributed by atoms with Crippen molar-refractivity contribution in [3.05, 3.63) is 34.9 Å². The summed E-state index contributed by atoms with van der Waals surface area (Å²) in [5.41, 5.74) is 1.87. The van der Waals surface area contributed by atoms with E-state index in [0.717, 1.165) is 11.1 Å². The summed E-state index contributed by atoms with van der Waals surface area (Å²) in [6.07, 6.45) is -0.183. The van der Waals surface area contributed by atoms with E-state index in [1.54, 1.807) is 26.2 Å². The van der Waals surface area contributed by atoms with E-state index in [9.17, 15) is 9.59 Å². The minimum atomic E-state index is -0.560. The van der Waals surface area contributed by atoms with Gasteiger partial charge in [-0.25, -0.2) is 9.59 Å². The summed E-state index contributed by atoms with van der Waals surface area (Å²) < 4.78 is 15.9. The van der Waals surface area contributed by atoms with Gasteiger partial charge < -0.3 is 19.5 Å². The molecule has 2 unspecified atom stereocenters. The lowest BCUT2D eigenvalue weighted by Crippen LogP contribution is -2.41. The Labute approximate surface area is 142 Å². The Balaban J connectivity index is 2.14. The number of rotatable bonds is 4. The number of benzene rings is 1. The normalized spacial score (nSPS) is 19.5. The van der Waals surface area contributed by atoms with Crippen molar-refractivity contribution < 1.29 is 23.8 Å². The van der Waals surface area contributed by atoms with Gasteiger partial charge in [-0.05, 0) is 57.4 Å². The van der Waals surface area contributed by atoms with Crippen LogP contribution in [0.3, 0.4) is 0 Å². The maximum absolute atomic E-state index is 12.0. The van der Waals surface area contributed by atoms with Crippen LogP contribution in [0.5, 0.6) is 0 Å². The first-order valence-corrected chi connectivity index (χ1v) is 8.07. The number of alkyl carbamates (subject to hydrolysis) is 1. The number of hydrogen-bond acceptors (Lipinski definition) is 5. The van der Waals surface area contributed by atoms with Crippen molar-refractivity contribution in [1.82, 2.24) is 5.32 Å². The number of nitrogens with one attached hydrogen (secondary N) is 1. The summed E-state index contributed by atoms with van der Waals surface area (Å²) in [4.78, 5) is 23.9. The first-order valence-electron chi connectivity index (χ1n) is 8.07. The van der Waals surface area contributed by atoms with Crippen LogP contribution >= 0.6 is 0 Å². The number of carbonyl (C=O) groups is 2. The van der Waals surface area contributed by atoms with Crippen LogP contribution in [-0.4, -0.2) is 37.4 Å². The summed E-state index contributed by atoms with van der Waals surface area (Å²) in [6, 6.07) is 5.14. The van der Waals surface area contributed by atoms with Crippen molar-refractivity contribution in [1.29, 1.82) is 0 Å². The van der Waals surface area contributed by atoms with Crippen LogP contribution in [0.25, 0.3) is 0 Å². The Bertz CT molecular complexity index is 620. The molecule has 0 fully saturated rings. The van der Waals surface area contributed by atoms with E-state index in [2.05, 4.69) is 5.32 Å². The van der Waals surface area contributed by atoms with Gasteiger partial charge in [-0.1, -0.05) is 6.07 Å². The number of methoxy groups -OCH3 is 1. The summed E-state index contributed by atoms with van der Waals surface area (Å²) >= 11 is 0. The molecular formula is C18H25NO5. The molecule has 1 aliphatic rings. The molecule has 0 heterocycles. The monoisotopic (exact) mass is 335 g/mol. The average Bonchev–Trinajstić information content (AvgIpc) is 2.81. The van der Waals surface area contributed by atoms with Crippen LogP contribution in [0.4, 0.5) is 4.79 Å². The molecule has 2 atom stereocenters. The van der Waals surface area contributed by atoms with E-state index < -0.39 is 11.7 Å². The second-order valence-corrected chi connectivity index (χ2v) is 6.75. The molecule has 1 aromatic carbocycles. The summed E-state index contributed by atoms with van der Waals surface area (Å²) in [5.74, 6) is -0.349. The van der Waals surface area contributed by atoms with Gasteiger partial charge in [-0.3, -0.25) is 0 Å². The van der Waals surface area contributed by atoms with Gasteiger partial charge in [-0.2, -0.15) is 0 Å². The molecule has 0 aromatic heterocycles. The molecule has 0 radical (unpaired) electrons. The lowest BCUT2D eigenvalue weighted by Gasteiger charge is -2.24. The molecule has 0 bridgehead atoms. The molecular weight excluding hydrogens is 310 g/mol. The van der Waals surface area contributed by atoms with Gasteiger partial charge in [0.15, 0.2) is 0 Å². The molecule has 6 heteroatoms. The van der Waals surface area contributed by atoms with Gasteiger partial charge in [0, 0.05) is 7.11 Å². The lowest BCUT2D eigenvalue weighted by molar-refractivity contribution is 0.0367. The van der Waals surface area contributed by atoms with Crippen LogP contribution in [0.15, 0.2) is 18.2 Å². The fourth-order valence-electron chi connectivity index (χ4n) is 2.84. The standard InChI is InChI=1S/C18H25NO5/c1-6-23-16(20)11-7-8-13-12(9-11)10-14(15(13)22-5)19-17(21)24-18(2,3)4/h7-9,14-15H,6,10H2,1-5H3,(H,19,21). The molecule has 0 spiro atoms. The van der Waals surface area contributed by atoms with E-state index in [1.165, 1.54) is 0 Å². The largest absolute Gasteiger partial charge is 0.462 e. The highest BCUT2D eigenvalue weighted by Crippen LogP contribution is 2.34. The maximum Gasteiger partial charge on any atom is 0.407 e. The first kappa shape index (κ1) is 18.3. The third-order valence-electron chi connectivity index (χ3n) is 3.72. The molecule has 24 heavy (non-hydrogen) atoms. The molecule has 0 saturated carbocycles. The lowest BCUT2D eigenvalue weighted by atomic mass is 10.1. The quantitative estimate of drug-likeness (QED) is 0.856. The van der Waals surface area contributed by atoms with Crippen LogP contribution in [0, 0.1) is 0 Å². The van der Waals surface area contributed by atoms with E-state index in [0.29, 0.717) is 18.6 Å². The number of ether oxygens (including phenoxy) is 3. The molecule has 132 valence electrons. The minimum absolute atomic E-state index is 0.239. The second-order valence-electron chi connectivity index (χ2n) is 6.75. The number of fused-ring (bicyclic) bond motifs is 1. The Morgan fingerprint density at radius 2 is 2.00 bits per heavy atom. The predicted octanol–water partition coefficient (Wildman–Crippen LogP) is 3.00. The molecule has 1 aromatic rings. The molecule has 1 amide bonds. The van der Waals surface area contributed by atoms with Crippen LogP contribution < -0.4 is 5.32 Å². The van der Waals surface area contributed by atoms with E-state index in [-0.39, 0.29) is 18.1 Å². The van der Waals surface area contributed by atoms with Crippen molar-refractivity contribution in [2.75, 3.05) is 13.7 Å². The minimum Gasteiger partial charge on any atom is -0.462 e. The summed E-state index contributed by atoms with van der Waals surface area (Å²) in [5, 5.41) is 2.85. The van der Waals surface area contributed by atoms with Crippen LogP contribution in [0.2, 0.25) is 0 Å². The molecule has 6 nitrogen and oxygen atoms in total. The molecule has 1 N–H and O–H groups in total. The van der Waals surface area contributed by atoms with E-state index in [1.807, 2.05) is 26.8 Å². The highest BCUT2D eigenvalue weighted by atomic mass is 16.6. The third-order valence-corrected chi connectivity index (χ3v) is 3.72. The van der Waals surface area contributed by atoms with Crippen molar-refractivity contribution >= 4 is 12.1 Å². The molecule has 2 rings (SSSR count). The molecule has 1 aliphatic carbocycles. The van der Waals surface area contributed by atoms with Crippen molar-refractivity contribution in [2.45, 2.75) is 51.9 Å². The van der Waals surface area contributed by atoms with Crippen LogP contribution in [-0.2, 0) is 20.6 Å². The van der Waals surface area contributed by atoms with Crippen molar-refractivity contribution in [3.8, 4) is 0 Å². The second kappa shape index (κ2) is 7.21. The van der Waals surface area contributed by atoms with Gasteiger partial charge >= 0.3 is 12.1 Å². The van der Waals surface area contributed by atoms with E-state index in [4.69, 9.17) is 14.2 Å². The molecule has 0 aliphatic heterocycles. The smallest absolute Gasteiger partial charge is 0.407 e. The Hall–Kier alpha value is -2.08. The third kappa shape index (κ3) is 4.26. The zero-order valence-corrected chi connectivity index (χ0v) is 14.8. The number of esters is 1. The molecule has 0 saturated heterocycles. The Morgan fingerprint density at radius 1 is 1.29 bits per heavy atom. The SMILES string of the molecule is CCOC(=O)c1ccc2c(c1)CC(NC(=O)OC(C)(C)C)C2OC. The fraction of sp³-hybridized carbons (Fsp3) is 0.556. The van der Waals surface area contributed by atoms with Gasteiger partial charge in [-0.15, -0.1) is 0 Å². The van der Waals surface area contributed by atoms with Crippen molar-refractivity contribution in [2.24, 2.45) is 0 Å². The summed E-state index contributed by atoms with van der Waals surface area (Å²) in [6.45, 7) is 7.55. The van der Waals surface area contributed by atoms with Gasteiger partial charge in [0.1, 0.15) is 11.7 Å². The van der Waals surface area contributed by atoms with Gasteiger partial charge in [0.2, 0.25) is 0 Å². The summed E-state index contributed by atoms with van der Waals surface area (Å²) in [7, 11) is 1.60. The van der Waals surface area contributed by atoms with Gasteiger partial charge in [0.05, 0.1) is 18.2 Å². The number of carbonyl (C=O) groups excluding carboxylic acids is 2.